The van der Waals surface area contributed by atoms with Gasteiger partial charge in [-0.3, -0.25) is 9.69 Å². The molecule has 2 saturated heterocycles. The lowest BCUT2D eigenvalue weighted by molar-refractivity contribution is -0.140. The zero-order valence-corrected chi connectivity index (χ0v) is 16.8. The van der Waals surface area contributed by atoms with Crippen LogP contribution in [0.2, 0.25) is 0 Å². The topological polar surface area (TPSA) is 32.8 Å². The lowest BCUT2D eigenvalue weighted by atomic mass is 10.1. The minimum absolute atomic E-state index is 0.0991. The molecule has 4 nitrogen and oxygen atoms in total. The third kappa shape index (κ3) is 4.41. The van der Waals surface area contributed by atoms with Crippen molar-refractivity contribution in [2.24, 2.45) is 0 Å². The van der Waals surface area contributed by atoms with Gasteiger partial charge in [-0.25, -0.2) is 0 Å². The Morgan fingerprint density at radius 1 is 1.04 bits per heavy atom. The minimum Gasteiger partial charge on any atom is -0.481 e. The van der Waals surface area contributed by atoms with Crippen LogP contribution in [0.3, 0.4) is 0 Å². The average Bonchev–Trinajstić information content (AvgIpc) is 2.74. The molecule has 2 aliphatic heterocycles. The molecule has 2 aromatic rings. The summed E-state index contributed by atoms with van der Waals surface area (Å²) < 4.78 is 5.97. The second-order valence-corrected chi connectivity index (χ2v) is 8.70. The van der Waals surface area contributed by atoms with Gasteiger partial charge >= 0.3 is 0 Å². The third-order valence-electron chi connectivity index (χ3n) is 5.71. The number of carbonyl (C=O) groups is 1. The van der Waals surface area contributed by atoms with Gasteiger partial charge < -0.3 is 9.64 Å². The van der Waals surface area contributed by atoms with Crippen molar-refractivity contribution in [2.75, 3.05) is 37.7 Å². The van der Waals surface area contributed by atoms with E-state index in [9.17, 15) is 4.79 Å². The molecule has 1 amide bonds. The van der Waals surface area contributed by atoms with Gasteiger partial charge in [-0.05, 0) is 54.2 Å². The van der Waals surface area contributed by atoms with Crippen LogP contribution in [0.4, 0.5) is 0 Å². The Morgan fingerprint density at radius 3 is 2.48 bits per heavy atom. The van der Waals surface area contributed by atoms with Crippen LogP contribution in [-0.2, 0) is 4.79 Å². The van der Waals surface area contributed by atoms with Crippen molar-refractivity contribution >= 4 is 28.4 Å². The second-order valence-electron chi connectivity index (χ2n) is 7.47. The van der Waals surface area contributed by atoms with Crippen molar-refractivity contribution < 1.29 is 9.53 Å². The number of nitrogens with zero attached hydrogens (tertiary/aromatic N) is 2. The summed E-state index contributed by atoms with van der Waals surface area (Å²) in [6.07, 6.45) is 2.13. The van der Waals surface area contributed by atoms with Crippen LogP contribution >= 0.6 is 11.8 Å². The van der Waals surface area contributed by atoms with E-state index in [2.05, 4.69) is 28.8 Å². The predicted molar refractivity (Wildman–Crippen MR) is 113 cm³/mol. The van der Waals surface area contributed by atoms with Gasteiger partial charge in [-0.2, -0.15) is 11.8 Å². The standard InChI is InChI=1S/C22H28N2O2S/c1-17(26-21-7-6-18-4-2-3-5-19(18)16-21)22(25)24-12-10-23(11-13-24)20-8-14-27-15-9-20/h2-7,16-17,20H,8-15H2,1H3/t17-/m1/s1. The summed E-state index contributed by atoms with van der Waals surface area (Å²) in [4.78, 5) is 17.4. The van der Waals surface area contributed by atoms with Crippen molar-refractivity contribution in [1.82, 2.24) is 9.80 Å². The molecule has 0 spiro atoms. The summed E-state index contributed by atoms with van der Waals surface area (Å²) in [5.74, 6) is 3.41. The molecule has 144 valence electrons. The molecule has 0 unspecified atom stereocenters. The van der Waals surface area contributed by atoms with Crippen molar-refractivity contribution in [1.29, 1.82) is 0 Å². The highest BCUT2D eigenvalue weighted by molar-refractivity contribution is 7.99. The number of carbonyl (C=O) groups excluding carboxylic acids is 1. The van der Waals surface area contributed by atoms with Crippen molar-refractivity contribution in [3.05, 3.63) is 42.5 Å². The molecular formula is C22H28N2O2S. The second kappa shape index (κ2) is 8.53. The molecule has 4 rings (SSSR count). The fraction of sp³-hybridized carbons (Fsp3) is 0.500. The van der Waals surface area contributed by atoms with E-state index in [0.29, 0.717) is 0 Å². The summed E-state index contributed by atoms with van der Waals surface area (Å²) >= 11 is 2.07. The number of hydrogen-bond acceptors (Lipinski definition) is 4. The Hall–Kier alpha value is -1.72. The Kier molecular flexibility index (Phi) is 5.89. The summed E-state index contributed by atoms with van der Waals surface area (Å²) in [6.45, 7) is 5.47. The fourth-order valence-corrected chi connectivity index (χ4v) is 5.19. The average molecular weight is 385 g/mol. The zero-order chi connectivity index (χ0) is 18.6. The van der Waals surface area contributed by atoms with Gasteiger partial charge in [0.15, 0.2) is 6.10 Å². The number of fused-ring (bicyclic) bond motifs is 1. The van der Waals surface area contributed by atoms with E-state index in [0.717, 1.165) is 43.4 Å². The molecule has 2 aromatic carbocycles. The van der Waals surface area contributed by atoms with Crippen LogP contribution < -0.4 is 4.74 Å². The van der Waals surface area contributed by atoms with E-state index < -0.39 is 6.10 Å². The number of piperazine rings is 1. The fourth-order valence-electron chi connectivity index (χ4n) is 4.11. The number of amides is 1. The molecule has 0 saturated carbocycles. The van der Waals surface area contributed by atoms with Gasteiger partial charge in [-0.15, -0.1) is 0 Å². The first-order valence-corrected chi connectivity index (χ1v) is 11.1. The van der Waals surface area contributed by atoms with Crippen molar-refractivity contribution in [3.63, 3.8) is 0 Å². The Morgan fingerprint density at radius 2 is 1.74 bits per heavy atom. The molecule has 27 heavy (non-hydrogen) atoms. The molecule has 0 N–H and O–H groups in total. The molecule has 0 bridgehead atoms. The normalized spacial score (nSPS) is 20.6. The summed E-state index contributed by atoms with van der Waals surface area (Å²) in [7, 11) is 0. The van der Waals surface area contributed by atoms with E-state index in [1.807, 2.05) is 42.2 Å². The van der Waals surface area contributed by atoms with E-state index in [-0.39, 0.29) is 5.91 Å². The molecule has 0 aliphatic carbocycles. The Labute approximate surface area is 165 Å². The number of thioether (sulfide) groups is 1. The maximum Gasteiger partial charge on any atom is 0.263 e. The van der Waals surface area contributed by atoms with Gasteiger partial charge in [0.2, 0.25) is 0 Å². The van der Waals surface area contributed by atoms with Crippen LogP contribution in [0.5, 0.6) is 5.75 Å². The first-order valence-electron chi connectivity index (χ1n) is 9.97. The van der Waals surface area contributed by atoms with Gasteiger partial charge in [0.1, 0.15) is 5.75 Å². The molecule has 0 radical (unpaired) electrons. The third-order valence-corrected chi connectivity index (χ3v) is 6.76. The Bertz CT molecular complexity index is 783. The van der Waals surface area contributed by atoms with Gasteiger partial charge in [0, 0.05) is 32.2 Å². The van der Waals surface area contributed by atoms with Crippen LogP contribution in [0.1, 0.15) is 19.8 Å². The van der Waals surface area contributed by atoms with Crippen LogP contribution in [-0.4, -0.2) is 65.5 Å². The quantitative estimate of drug-likeness (QED) is 0.806. The first-order chi connectivity index (χ1) is 13.2. The summed E-state index contributed by atoms with van der Waals surface area (Å²) in [5.41, 5.74) is 0. The van der Waals surface area contributed by atoms with Crippen molar-refractivity contribution in [3.8, 4) is 5.75 Å². The zero-order valence-electron chi connectivity index (χ0n) is 16.0. The predicted octanol–water partition coefficient (Wildman–Crippen LogP) is 3.65. The minimum atomic E-state index is -0.455. The maximum absolute atomic E-state index is 12.8. The lowest BCUT2D eigenvalue weighted by Crippen LogP contribution is -2.54. The molecule has 0 aromatic heterocycles. The SMILES string of the molecule is C[C@@H](Oc1ccc2ccccc2c1)C(=O)N1CCN(C2CCSCC2)CC1. The number of hydrogen-bond donors (Lipinski definition) is 0. The Balaban J connectivity index is 1.32. The van der Waals surface area contributed by atoms with E-state index >= 15 is 0 Å². The van der Waals surface area contributed by atoms with Gasteiger partial charge in [0.25, 0.3) is 5.91 Å². The highest BCUT2D eigenvalue weighted by Crippen LogP contribution is 2.24. The smallest absolute Gasteiger partial charge is 0.263 e. The summed E-state index contributed by atoms with van der Waals surface area (Å²) in [6, 6.07) is 14.9. The van der Waals surface area contributed by atoms with Crippen LogP contribution in [0.25, 0.3) is 10.8 Å². The lowest BCUT2D eigenvalue weighted by Gasteiger charge is -2.41. The van der Waals surface area contributed by atoms with Crippen LogP contribution in [0.15, 0.2) is 42.5 Å². The molecule has 2 aliphatic rings. The van der Waals surface area contributed by atoms with E-state index in [1.54, 1.807) is 0 Å². The molecule has 5 heteroatoms. The van der Waals surface area contributed by atoms with Gasteiger partial charge in [0.05, 0.1) is 0 Å². The van der Waals surface area contributed by atoms with Crippen molar-refractivity contribution in [2.45, 2.75) is 31.9 Å². The first kappa shape index (κ1) is 18.6. The monoisotopic (exact) mass is 384 g/mol. The largest absolute Gasteiger partial charge is 0.481 e. The maximum atomic E-state index is 12.8. The number of benzene rings is 2. The van der Waals surface area contributed by atoms with E-state index in [1.165, 1.54) is 29.7 Å². The van der Waals surface area contributed by atoms with Gasteiger partial charge in [-0.1, -0.05) is 30.3 Å². The number of ether oxygens (including phenoxy) is 1. The highest BCUT2D eigenvalue weighted by atomic mass is 32.2. The van der Waals surface area contributed by atoms with E-state index in [4.69, 9.17) is 4.74 Å². The molecule has 2 heterocycles. The van der Waals surface area contributed by atoms with Crippen LogP contribution in [0, 0.1) is 0 Å². The highest BCUT2D eigenvalue weighted by Gasteiger charge is 2.29. The molecule has 2 fully saturated rings. The summed E-state index contributed by atoms with van der Waals surface area (Å²) in [5, 5.41) is 2.31. The molecule has 1 atom stereocenters. The number of rotatable bonds is 4. The molecular weight excluding hydrogens is 356 g/mol.